The number of anilines is 1. The summed E-state index contributed by atoms with van der Waals surface area (Å²) in [4.78, 5) is 30.1. The van der Waals surface area contributed by atoms with Gasteiger partial charge in [0, 0.05) is 35.0 Å². The van der Waals surface area contributed by atoms with Gasteiger partial charge in [-0.25, -0.2) is 4.79 Å². The fourth-order valence-electron chi connectivity index (χ4n) is 3.21. The molecule has 0 saturated heterocycles. The van der Waals surface area contributed by atoms with Crippen LogP contribution in [-0.4, -0.2) is 48.5 Å². The van der Waals surface area contributed by atoms with E-state index in [0.717, 1.165) is 35.2 Å². The summed E-state index contributed by atoms with van der Waals surface area (Å²) in [5.41, 5.74) is 10.6. The number of nitrogens with two attached hydrogens (primary N) is 1. The van der Waals surface area contributed by atoms with E-state index in [4.69, 9.17) is 10.5 Å². The third-order valence-electron chi connectivity index (χ3n) is 5.83. The summed E-state index contributed by atoms with van der Waals surface area (Å²) in [6, 6.07) is 11.2. The average Bonchev–Trinajstić information content (AvgIpc) is 2.82. The summed E-state index contributed by atoms with van der Waals surface area (Å²) in [6.07, 6.45) is 1.05. The number of carbonyl (C=O) groups is 2. The summed E-state index contributed by atoms with van der Waals surface area (Å²) < 4.78 is 5.01. The van der Waals surface area contributed by atoms with Crippen LogP contribution in [-0.2, 0) is 4.74 Å². The summed E-state index contributed by atoms with van der Waals surface area (Å²) >= 11 is 0. The zero-order valence-electron chi connectivity index (χ0n) is 22.5. The van der Waals surface area contributed by atoms with Crippen molar-refractivity contribution in [2.45, 2.75) is 59.9 Å². The first-order valence-corrected chi connectivity index (χ1v) is 12.2. The van der Waals surface area contributed by atoms with Crippen LogP contribution in [0.3, 0.4) is 0 Å². The molecule has 7 heteroatoms. The van der Waals surface area contributed by atoms with Crippen LogP contribution in [0, 0.1) is 25.7 Å². The normalized spacial score (nSPS) is 11.4. The Kier molecular flexibility index (Phi) is 10.1. The van der Waals surface area contributed by atoms with E-state index in [1.807, 2.05) is 72.9 Å². The Hall–Kier alpha value is -3.79. The lowest BCUT2D eigenvalue weighted by Gasteiger charge is -2.32. The van der Waals surface area contributed by atoms with Gasteiger partial charge < -0.3 is 20.7 Å². The van der Waals surface area contributed by atoms with Gasteiger partial charge in [0.15, 0.2) is 0 Å². The van der Waals surface area contributed by atoms with E-state index in [1.165, 1.54) is 0 Å². The molecule has 0 atom stereocenters. The Labute approximate surface area is 215 Å². The molecule has 0 spiro atoms. The summed E-state index contributed by atoms with van der Waals surface area (Å²) in [7, 11) is 1.83. The first-order valence-electron chi connectivity index (χ1n) is 12.2. The van der Waals surface area contributed by atoms with Crippen LogP contribution in [0.15, 0.2) is 41.4 Å². The van der Waals surface area contributed by atoms with E-state index in [1.54, 1.807) is 17.0 Å². The summed E-state index contributed by atoms with van der Waals surface area (Å²) in [5.74, 6) is 6.45. The number of aliphatic imine (C=N–C) groups is 1. The fourth-order valence-corrected chi connectivity index (χ4v) is 3.21. The number of ether oxygens (including phenoxy) is 1. The zero-order valence-corrected chi connectivity index (χ0v) is 22.5. The third-order valence-corrected chi connectivity index (χ3v) is 5.83. The molecule has 2 aromatic carbocycles. The van der Waals surface area contributed by atoms with Gasteiger partial charge >= 0.3 is 6.09 Å². The van der Waals surface area contributed by atoms with Crippen LogP contribution in [0.2, 0.25) is 0 Å². The van der Waals surface area contributed by atoms with Crippen molar-refractivity contribution in [2.24, 2.45) is 10.7 Å². The van der Waals surface area contributed by atoms with Crippen molar-refractivity contribution in [3.8, 4) is 11.8 Å². The van der Waals surface area contributed by atoms with Crippen LogP contribution >= 0.6 is 0 Å². The molecule has 0 bridgehead atoms. The minimum absolute atomic E-state index is 0.00629. The zero-order chi connectivity index (χ0) is 26.9. The maximum Gasteiger partial charge on any atom is 0.435 e. The lowest BCUT2D eigenvalue weighted by Crippen LogP contribution is -2.42. The highest BCUT2D eigenvalue weighted by Crippen LogP contribution is 2.21. The molecule has 7 nitrogen and oxygen atoms in total. The molecule has 2 rings (SSSR count). The molecule has 2 amide bonds. The number of nitrogens with zero attached hydrogens (tertiary/aromatic N) is 2. The SMILES string of the molecule is CCCCOC(=O)N=C(N)c1ccc(NCC#Cc2cc(C)c(C(=O)N(C)C(C)(C)C)cc2C)cc1. The molecular weight excluding hydrogens is 452 g/mol. The third kappa shape index (κ3) is 8.16. The maximum absolute atomic E-state index is 12.9. The van der Waals surface area contributed by atoms with Crippen LogP contribution in [0.4, 0.5) is 10.5 Å². The highest BCUT2D eigenvalue weighted by Gasteiger charge is 2.24. The monoisotopic (exact) mass is 490 g/mol. The van der Waals surface area contributed by atoms with Gasteiger partial charge in [-0.1, -0.05) is 25.2 Å². The largest absolute Gasteiger partial charge is 0.448 e. The number of unbranched alkanes of at least 4 members (excludes halogenated alkanes) is 1. The Morgan fingerprint density at radius 1 is 1.11 bits per heavy atom. The summed E-state index contributed by atoms with van der Waals surface area (Å²) in [5, 5.41) is 3.24. The van der Waals surface area contributed by atoms with Crippen LogP contribution < -0.4 is 11.1 Å². The van der Waals surface area contributed by atoms with Gasteiger partial charge in [-0.2, -0.15) is 4.99 Å². The fraction of sp³-hybridized carbons (Fsp3) is 0.414. The van der Waals surface area contributed by atoms with Crippen molar-refractivity contribution in [2.75, 3.05) is 25.5 Å². The molecule has 192 valence electrons. The Balaban J connectivity index is 2.00. The smallest absolute Gasteiger partial charge is 0.435 e. The Morgan fingerprint density at radius 3 is 2.39 bits per heavy atom. The van der Waals surface area contributed by atoms with Gasteiger partial charge in [0.25, 0.3) is 5.91 Å². The first kappa shape index (κ1) is 28.4. The van der Waals surface area contributed by atoms with Gasteiger partial charge in [-0.15, -0.1) is 0 Å². The molecule has 0 aliphatic rings. The highest BCUT2D eigenvalue weighted by molar-refractivity contribution is 6.02. The van der Waals surface area contributed by atoms with Crippen molar-refractivity contribution < 1.29 is 14.3 Å². The van der Waals surface area contributed by atoms with Gasteiger partial charge in [0.05, 0.1) is 13.2 Å². The number of carbonyl (C=O) groups excluding carboxylic acids is 2. The van der Waals surface area contributed by atoms with E-state index in [2.05, 4.69) is 22.2 Å². The second-order valence-electron chi connectivity index (χ2n) is 9.71. The predicted octanol–water partition coefficient (Wildman–Crippen LogP) is 5.28. The van der Waals surface area contributed by atoms with Crippen LogP contribution in [0.1, 0.15) is 73.1 Å². The molecule has 0 saturated carbocycles. The standard InChI is InChI=1S/C29H38N4O3/c1-8-9-17-36-28(35)32-26(30)22-12-14-24(15-13-22)31-16-10-11-23-18-21(3)25(19-20(23)2)27(34)33(7)29(4,5)6/h12-15,18-19,31H,8-9,16-17H2,1-7H3,(H2,30,32,35). The van der Waals surface area contributed by atoms with Crippen molar-refractivity contribution in [1.82, 2.24) is 4.90 Å². The molecule has 0 heterocycles. The number of hydrogen-bond acceptors (Lipinski definition) is 4. The van der Waals surface area contributed by atoms with E-state index in [-0.39, 0.29) is 17.3 Å². The quantitative estimate of drug-likeness (QED) is 0.238. The van der Waals surface area contributed by atoms with Gasteiger partial charge in [-0.05, 0) is 88.6 Å². The lowest BCUT2D eigenvalue weighted by molar-refractivity contribution is 0.0655. The topological polar surface area (TPSA) is 97.0 Å². The molecule has 0 aliphatic heterocycles. The lowest BCUT2D eigenvalue weighted by atomic mass is 9.97. The molecule has 36 heavy (non-hydrogen) atoms. The molecule has 0 aromatic heterocycles. The van der Waals surface area contributed by atoms with Gasteiger partial charge in [-0.3, -0.25) is 4.79 Å². The summed E-state index contributed by atoms with van der Waals surface area (Å²) in [6.45, 7) is 12.8. The molecular formula is C29H38N4O3. The number of amidine groups is 1. The number of benzene rings is 2. The van der Waals surface area contributed by atoms with Crippen molar-refractivity contribution >= 4 is 23.5 Å². The molecule has 0 fully saturated rings. The minimum atomic E-state index is -0.678. The van der Waals surface area contributed by atoms with E-state index >= 15 is 0 Å². The predicted molar refractivity (Wildman–Crippen MR) is 147 cm³/mol. The second-order valence-corrected chi connectivity index (χ2v) is 9.71. The molecule has 2 aromatic rings. The molecule has 0 unspecified atom stereocenters. The average molecular weight is 491 g/mol. The first-order chi connectivity index (χ1) is 16.9. The molecule has 3 N–H and O–H groups in total. The number of nitrogens with one attached hydrogen (secondary N) is 1. The van der Waals surface area contributed by atoms with E-state index in [0.29, 0.717) is 24.3 Å². The van der Waals surface area contributed by atoms with Crippen molar-refractivity contribution in [3.05, 3.63) is 64.2 Å². The number of aryl methyl sites for hydroxylation is 2. The van der Waals surface area contributed by atoms with Crippen molar-refractivity contribution in [3.63, 3.8) is 0 Å². The van der Waals surface area contributed by atoms with E-state index < -0.39 is 6.09 Å². The van der Waals surface area contributed by atoms with Gasteiger partial charge in [0.1, 0.15) is 5.84 Å². The molecule has 0 radical (unpaired) electrons. The Bertz CT molecular complexity index is 1170. The second kappa shape index (κ2) is 12.8. The number of amides is 2. The van der Waals surface area contributed by atoms with Crippen LogP contribution in [0.5, 0.6) is 0 Å². The minimum Gasteiger partial charge on any atom is -0.448 e. The van der Waals surface area contributed by atoms with Gasteiger partial charge in [0.2, 0.25) is 0 Å². The number of rotatable bonds is 7. The van der Waals surface area contributed by atoms with E-state index in [9.17, 15) is 9.59 Å². The Morgan fingerprint density at radius 2 is 1.78 bits per heavy atom. The molecule has 0 aliphatic carbocycles. The van der Waals surface area contributed by atoms with Crippen LogP contribution in [0.25, 0.3) is 0 Å². The number of hydrogen-bond donors (Lipinski definition) is 2. The highest BCUT2D eigenvalue weighted by atomic mass is 16.5. The maximum atomic E-state index is 12.9. The van der Waals surface area contributed by atoms with Crippen molar-refractivity contribution in [1.29, 1.82) is 0 Å².